The fraction of sp³-hybridized carbons (Fsp3) is 0.450. The van der Waals surface area contributed by atoms with Crippen LogP contribution in [0.4, 0.5) is 10.5 Å². The van der Waals surface area contributed by atoms with Gasteiger partial charge in [-0.15, -0.1) is 0 Å². The number of carbonyl (C=O) groups excluding carboxylic acids is 1. The summed E-state index contributed by atoms with van der Waals surface area (Å²) in [5.41, 5.74) is 1.31. The van der Waals surface area contributed by atoms with Gasteiger partial charge >= 0.3 is 6.03 Å². The molecule has 10 heteroatoms. The van der Waals surface area contributed by atoms with Gasteiger partial charge in [0.1, 0.15) is 12.3 Å². The smallest absolute Gasteiger partial charge is 0.327 e. The van der Waals surface area contributed by atoms with E-state index in [0.717, 1.165) is 0 Å². The second kappa shape index (κ2) is 10.8. The van der Waals surface area contributed by atoms with Crippen molar-refractivity contribution in [2.24, 2.45) is 0 Å². The van der Waals surface area contributed by atoms with Crippen LogP contribution in [-0.2, 0) is 16.1 Å². The average Bonchev–Trinajstić information content (AvgIpc) is 3.11. The summed E-state index contributed by atoms with van der Waals surface area (Å²) in [7, 11) is 0. The lowest BCUT2D eigenvalue weighted by Gasteiger charge is -2.31. The summed E-state index contributed by atoms with van der Waals surface area (Å²) in [5, 5.41) is 32.7. The number of aliphatic hydroxyl groups is 2. The van der Waals surface area contributed by atoms with Crippen LogP contribution >= 0.6 is 0 Å². The summed E-state index contributed by atoms with van der Waals surface area (Å²) in [6.45, 7) is 7.50. The highest BCUT2D eigenvalue weighted by Crippen LogP contribution is 2.27. The second-order valence-corrected chi connectivity index (χ2v) is 6.46. The molecule has 30 heavy (non-hydrogen) atoms. The van der Waals surface area contributed by atoms with E-state index in [9.17, 15) is 25.1 Å². The Hall–Kier alpha value is -2.79. The van der Waals surface area contributed by atoms with Crippen LogP contribution in [-0.4, -0.2) is 57.7 Å². The van der Waals surface area contributed by atoms with Gasteiger partial charge in [0.2, 0.25) is 0 Å². The lowest BCUT2D eigenvalue weighted by atomic mass is 10.1. The van der Waals surface area contributed by atoms with Crippen LogP contribution in [0.1, 0.15) is 25.8 Å². The number of nitrogens with one attached hydrogen (secondary N) is 1. The molecular formula is C20H27N3O7. The van der Waals surface area contributed by atoms with Crippen LogP contribution in [0.3, 0.4) is 0 Å². The van der Waals surface area contributed by atoms with E-state index in [4.69, 9.17) is 9.47 Å². The molecule has 3 atom stereocenters. The number of nitro groups is 1. The van der Waals surface area contributed by atoms with Crippen molar-refractivity contribution in [3.05, 3.63) is 64.0 Å². The largest absolute Gasteiger partial charge is 0.394 e. The summed E-state index contributed by atoms with van der Waals surface area (Å²) in [5.74, 6) is 0. The maximum atomic E-state index is 12.2. The van der Waals surface area contributed by atoms with Gasteiger partial charge in [-0.2, -0.15) is 0 Å². The van der Waals surface area contributed by atoms with Gasteiger partial charge in [0.05, 0.1) is 36.4 Å². The van der Waals surface area contributed by atoms with E-state index in [1.807, 2.05) is 13.8 Å². The molecule has 0 aromatic heterocycles. The van der Waals surface area contributed by atoms with Crippen molar-refractivity contribution < 1.29 is 29.4 Å². The van der Waals surface area contributed by atoms with Crippen molar-refractivity contribution in [2.45, 2.75) is 45.3 Å². The molecule has 3 unspecified atom stereocenters. The molecule has 10 nitrogen and oxygen atoms in total. The third-order valence-electron chi connectivity index (χ3n) is 4.57. The molecule has 2 amide bonds. The fourth-order valence-electron chi connectivity index (χ4n) is 3.05. The van der Waals surface area contributed by atoms with Gasteiger partial charge in [-0.3, -0.25) is 15.0 Å². The predicted molar refractivity (Wildman–Crippen MR) is 108 cm³/mol. The summed E-state index contributed by atoms with van der Waals surface area (Å²) in [4.78, 5) is 24.1. The van der Waals surface area contributed by atoms with Crippen LogP contribution in [0.5, 0.6) is 0 Å². The maximum Gasteiger partial charge on any atom is 0.327 e. The first kappa shape index (κ1) is 23.5. The minimum atomic E-state index is -0.875. The van der Waals surface area contributed by atoms with E-state index >= 15 is 0 Å². The minimum absolute atomic E-state index is 0.0148. The number of benzene rings is 1. The number of nitrogens with zero attached hydrogens (tertiary/aromatic N) is 2. The normalized spacial score (nSPS) is 23.4. The molecule has 0 spiro atoms. The first-order valence-corrected chi connectivity index (χ1v) is 9.64. The fourth-order valence-corrected chi connectivity index (χ4v) is 3.05. The molecular weight excluding hydrogens is 394 g/mol. The van der Waals surface area contributed by atoms with E-state index in [0.29, 0.717) is 16.8 Å². The predicted octanol–water partition coefficient (Wildman–Crippen LogP) is 2.03. The Morgan fingerprint density at radius 1 is 1.37 bits per heavy atom. The number of rotatable bonds is 7. The Kier molecular flexibility index (Phi) is 8.48. The monoisotopic (exact) mass is 421 g/mol. The Bertz CT molecular complexity index is 811. The molecule has 2 aliphatic rings. The molecule has 2 aliphatic heterocycles. The standard InChI is InChI=1S/C18H21N3O7.C2H6/c1-11-13(10-27-9-12-4-2-3-5-14(12)21(25)26)7-20(18(24)19-11)17-6-15(23)16(8-22)28-17;1-2/h2-5,7,15-17,22-23H,1,6,8-10H2,(H,19,24);1-2H3. The third-order valence-corrected chi connectivity index (χ3v) is 4.57. The van der Waals surface area contributed by atoms with Gasteiger partial charge in [0.25, 0.3) is 5.69 Å². The molecule has 3 N–H and O–H groups in total. The molecule has 1 fully saturated rings. The molecule has 1 aromatic carbocycles. The maximum absolute atomic E-state index is 12.2. The van der Waals surface area contributed by atoms with Gasteiger partial charge in [0, 0.05) is 30.0 Å². The average molecular weight is 421 g/mol. The second-order valence-electron chi connectivity index (χ2n) is 6.46. The quantitative estimate of drug-likeness (QED) is 0.453. The van der Waals surface area contributed by atoms with Gasteiger partial charge < -0.3 is 25.0 Å². The van der Waals surface area contributed by atoms with Gasteiger partial charge in [-0.25, -0.2) is 4.79 Å². The SMILES string of the molecule is C=C1NC(=O)N(C2CC(O)C(CO)O2)C=C1COCc1ccccc1[N+](=O)[O-].CC. The van der Waals surface area contributed by atoms with Crippen LogP contribution in [0.25, 0.3) is 0 Å². The highest BCUT2D eigenvalue weighted by molar-refractivity contribution is 5.80. The zero-order valence-electron chi connectivity index (χ0n) is 17.0. The van der Waals surface area contributed by atoms with E-state index in [1.165, 1.54) is 17.2 Å². The van der Waals surface area contributed by atoms with Crippen LogP contribution in [0.15, 0.2) is 48.3 Å². The number of para-hydroxylation sites is 1. The highest BCUT2D eigenvalue weighted by Gasteiger charge is 2.39. The Balaban J connectivity index is 0.00000155. The molecule has 0 radical (unpaired) electrons. The highest BCUT2D eigenvalue weighted by atomic mass is 16.6. The Labute approximate surface area is 174 Å². The lowest BCUT2D eigenvalue weighted by molar-refractivity contribution is -0.385. The van der Waals surface area contributed by atoms with Crippen molar-refractivity contribution in [1.82, 2.24) is 10.2 Å². The molecule has 3 rings (SSSR count). The number of hydrogen-bond donors (Lipinski definition) is 3. The number of carbonyl (C=O) groups is 1. The Morgan fingerprint density at radius 3 is 2.70 bits per heavy atom. The zero-order chi connectivity index (χ0) is 22.3. The summed E-state index contributed by atoms with van der Waals surface area (Å²) < 4.78 is 11.1. The molecule has 1 aromatic rings. The van der Waals surface area contributed by atoms with E-state index in [-0.39, 0.29) is 31.9 Å². The molecule has 0 aliphatic carbocycles. The van der Waals surface area contributed by atoms with Crippen LogP contribution < -0.4 is 5.32 Å². The first-order chi connectivity index (χ1) is 14.4. The molecule has 2 heterocycles. The zero-order valence-corrected chi connectivity index (χ0v) is 17.0. The van der Waals surface area contributed by atoms with Crippen molar-refractivity contribution >= 4 is 11.7 Å². The molecule has 0 bridgehead atoms. The molecule has 164 valence electrons. The number of ether oxygens (including phenoxy) is 2. The van der Waals surface area contributed by atoms with E-state index < -0.39 is 29.4 Å². The molecule has 0 saturated carbocycles. The van der Waals surface area contributed by atoms with Crippen LogP contribution in [0.2, 0.25) is 0 Å². The summed E-state index contributed by atoms with van der Waals surface area (Å²) >= 11 is 0. The third kappa shape index (κ3) is 5.42. The first-order valence-electron chi connectivity index (χ1n) is 9.64. The Morgan fingerprint density at radius 2 is 2.07 bits per heavy atom. The van der Waals surface area contributed by atoms with Crippen molar-refractivity contribution in [3.63, 3.8) is 0 Å². The van der Waals surface area contributed by atoms with E-state index in [1.54, 1.807) is 18.2 Å². The van der Waals surface area contributed by atoms with Gasteiger partial charge in [-0.05, 0) is 6.07 Å². The van der Waals surface area contributed by atoms with E-state index in [2.05, 4.69) is 11.9 Å². The van der Waals surface area contributed by atoms with Crippen molar-refractivity contribution in [3.8, 4) is 0 Å². The minimum Gasteiger partial charge on any atom is -0.394 e. The number of hydrogen-bond acceptors (Lipinski definition) is 7. The van der Waals surface area contributed by atoms with Gasteiger partial charge in [-0.1, -0.05) is 32.6 Å². The van der Waals surface area contributed by atoms with Crippen molar-refractivity contribution in [1.29, 1.82) is 0 Å². The number of urea groups is 1. The van der Waals surface area contributed by atoms with Crippen molar-refractivity contribution in [2.75, 3.05) is 13.2 Å². The topological polar surface area (TPSA) is 134 Å². The van der Waals surface area contributed by atoms with Gasteiger partial charge in [0.15, 0.2) is 0 Å². The van der Waals surface area contributed by atoms with Crippen LogP contribution in [0, 0.1) is 10.1 Å². The summed E-state index contributed by atoms with van der Waals surface area (Å²) in [6.07, 6.45) is -0.691. The molecule has 1 saturated heterocycles. The summed E-state index contributed by atoms with van der Waals surface area (Å²) in [6, 6.07) is 5.81. The lowest BCUT2D eigenvalue weighted by Crippen LogP contribution is -2.46. The number of nitro benzene ring substituents is 1. The number of aliphatic hydroxyl groups excluding tert-OH is 2. The number of amides is 2.